The molecule has 0 aromatic carbocycles. The second-order valence-electron chi connectivity index (χ2n) is 22.1. The van der Waals surface area contributed by atoms with Crippen LogP contribution < -0.4 is 0 Å². The Bertz CT molecular complexity index is 1650. The van der Waals surface area contributed by atoms with Gasteiger partial charge in [0.2, 0.25) is 23.6 Å². The Morgan fingerprint density at radius 1 is 0.579 bits per heavy atom. The molecule has 11 heteroatoms. The molecule has 8 rings (SSSR count). The summed E-state index contributed by atoms with van der Waals surface area (Å²) in [5.74, 6) is 2.43. The van der Waals surface area contributed by atoms with E-state index < -0.39 is 25.2 Å². The van der Waals surface area contributed by atoms with E-state index in [0.717, 1.165) is 89.5 Å². The molecular weight excluding hydrogens is 761 g/mol. The number of likely N-dealkylation sites (tertiary alicyclic amines) is 2. The second kappa shape index (κ2) is 16.0. The summed E-state index contributed by atoms with van der Waals surface area (Å²) in [6.07, 6.45) is 22.9. The Kier molecular flexibility index (Phi) is 11.8. The first-order valence-electron chi connectivity index (χ1n) is 23.5. The average molecular weight is 835 g/mol. The number of carbonyl (C=O) groups is 4. The maximum atomic E-state index is 14.1. The van der Waals surface area contributed by atoms with Gasteiger partial charge in [0.1, 0.15) is 0 Å². The number of nitrogens with zero attached hydrogens (tertiary/aromatic N) is 2. The lowest BCUT2D eigenvalue weighted by atomic mass is 9.75. The Morgan fingerprint density at radius 2 is 1.02 bits per heavy atom. The van der Waals surface area contributed by atoms with Crippen molar-refractivity contribution in [2.75, 3.05) is 0 Å². The van der Waals surface area contributed by atoms with Crippen LogP contribution in [0.2, 0.25) is 51.9 Å². The molecule has 8 aliphatic rings. The summed E-state index contributed by atoms with van der Waals surface area (Å²) < 4.78 is 13.2. The summed E-state index contributed by atoms with van der Waals surface area (Å²) >= 11 is 0. The second-order valence-corrected chi connectivity index (χ2v) is 34.7. The number of rotatable bonds is 16. The Labute approximate surface area is 347 Å². The Balaban J connectivity index is 0.775. The molecule has 8 unspecified atom stereocenters. The van der Waals surface area contributed by atoms with E-state index in [1.807, 2.05) is 0 Å². The first-order valence-corrected chi connectivity index (χ1v) is 32.8. The SMILES string of the molecule is CCCCCC1=CC2CC1C1C(=O)N(C3CCC(CC4CCC(N5C(=O)C6C7C=C(CCC[Si](C)(C)O[Si](C)(C)O[Si](C)(C)C)C(C7)C6C5=O)CC4)CC3)C(=O)C21. The van der Waals surface area contributed by atoms with E-state index >= 15 is 0 Å². The topological polar surface area (TPSA) is 93.2 Å². The van der Waals surface area contributed by atoms with Crippen LogP contribution in [0.5, 0.6) is 0 Å². The van der Waals surface area contributed by atoms with E-state index in [1.165, 1.54) is 36.8 Å². The highest BCUT2D eigenvalue weighted by molar-refractivity contribution is 6.87. The van der Waals surface area contributed by atoms with Crippen molar-refractivity contribution in [3.63, 3.8) is 0 Å². The zero-order valence-electron chi connectivity index (χ0n) is 36.7. The number of allylic oxidation sites excluding steroid dienone is 4. The lowest BCUT2D eigenvalue weighted by Crippen LogP contribution is -2.51. The number of unbranched alkanes of at least 4 members (excludes halogenated alkanes) is 2. The van der Waals surface area contributed by atoms with Crippen LogP contribution >= 0.6 is 0 Å². The van der Waals surface area contributed by atoms with Gasteiger partial charge in [0, 0.05) is 12.1 Å². The van der Waals surface area contributed by atoms with Gasteiger partial charge in [0.25, 0.3) is 0 Å². The van der Waals surface area contributed by atoms with Crippen LogP contribution in [-0.4, -0.2) is 70.7 Å². The maximum absolute atomic E-state index is 14.1. The van der Waals surface area contributed by atoms with Crippen molar-refractivity contribution in [3.8, 4) is 0 Å². The number of carbonyl (C=O) groups excluding carboxylic acids is 4. The van der Waals surface area contributed by atoms with Crippen LogP contribution in [-0.2, 0) is 27.4 Å². The van der Waals surface area contributed by atoms with Gasteiger partial charge in [-0.05, 0) is 184 Å². The molecule has 6 fully saturated rings. The van der Waals surface area contributed by atoms with E-state index in [2.05, 4.69) is 64.9 Å². The van der Waals surface area contributed by atoms with Gasteiger partial charge in [0.05, 0.1) is 23.7 Å². The largest absolute Gasteiger partial charge is 0.437 e. The van der Waals surface area contributed by atoms with Crippen molar-refractivity contribution in [1.29, 1.82) is 0 Å². The molecule has 4 bridgehead atoms. The number of hydrogen-bond acceptors (Lipinski definition) is 6. The van der Waals surface area contributed by atoms with E-state index in [4.69, 9.17) is 8.23 Å². The minimum Gasteiger partial charge on any atom is -0.437 e. The first-order chi connectivity index (χ1) is 26.9. The van der Waals surface area contributed by atoms with Crippen molar-refractivity contribution in [1.82, 2.24) is 9.80 Å². The van der Waals surface area contributed by atoms with Gasteiger partial charge in [-0.2, -0.15) is 0 Å². The fourth-order valence-electron chi connectivity index (χ4n) is 14.1. The molecule has 0 radical (unpaired) electrons. The van der Waals surface area contributed by atoms with E-state index in [0.29, 0.717) is 17.8 Å². The Hall–Kier alpha value is -1.67. The lowest BCUT2D eigenvalue weighted by Gasteiger charge is -2.38. The normalized spacial score (nSPS) is 37.8. The molecule has 2 heterocycles. The summed E-state index contributed by atoms with van der Waals surface area (Å²) in [5.41, 5.74) is 2.90. The van der Waals surface area contributed by atoms with Gasteiger partial charge in [0.15, 0.2) is 16.6 Å². The predicted octanol–water partition coefficient (Wildman–Crippen LogP) is 9.98. The zero-order valence-corrected chi connectivity index (χ0v) is 39.7. The molecule has 6 aliphatic carbocycles. The first kappa shape index (κ1) is 42.0. The highest BCUT2D eigenvalue weighted by Crippen LogP contribution is 2.59. The van der Waals surface area contributed by atoms with Gasteiger partial charge < -0.3 is 8.23 Å². The summed E-state index contributed by atoms with van der Waals surface area (Å²) in [6.45, 7) is 18.0. The van der Waals surface area contributed by atoms with Gasteiger partial charge in [-0.1, -0.05) is 43.1 Å². The molecular formula is C46H74N2O6Si3. The molecule has 2 saturated heterocycles. The smallest absolute Gasteiger partial charge is 0.311 e. The van der Waals surface area contributed by atoms with Crippen molar-refractivity contribution in [2.24, 2.45) is 59.2 Å². The third-order valence-corrected chi connectivity index (χ3v) is 26.1. The number of imide groups is 2. The van der Waals surface area contributed by atoms with Gasteiger partial charge in [-0.25, -0.2) is 0 Å². The third kappa shape index (κ3) is 8.25. The van der Waals surface area contributed by atoms with Crippen molar-refractivity contribution in [2.45, 2.75) is 180 Å². The van der Waals surface area contributed by atoms with Crippen LogP contribution in [0, 0.1) is 59.2 Å². The highest BCUT2D eigenvalue weighted by Gasteiger charge is 2.63. The van der Waals surface area contributed by atoms with Crippen LogP contribution in [0.3, 0.4) is 0 Å². The highest BCUT2D eigenvalue weighted by atomic mass is 28.5. The van der Waals surface area contributed by atoms with Gasteiger partial charge >= 0.3 is 8.56 Å². The quantitative estimate of drug-likeness (QED) is 0.0666. The monoisotopic (exact) mass is 834 g/mol. The van der Waals surface area contributed by atoms with Crippen molar-refractivity contribution < 1.29 is 27.4 Å². The van der Waals surface area contributed by atoms with Crippen LogP contribution in [0.25, 0.3) is 0 Å². The van der Waals surface area contributed by atoms with Gasteiger partial charge in [-0.15, -0.1) is 0 Å². The molecule has 57 heavy (non-hydrogen) atoms. The van der Waals surface area contributed by atoms with Crippen LogP contribution in [0.15, 0.2) is 23.3 Å². The molecule has 8 nitrogen and oxygen atoms in total. The maximum Gasteiger partial charge on any atom is 0.311 e. The third-order valence-electron chi connectivity index (χ3n) is 15.9. The molecule has 4 amide bonds. The molecule has 4 saturated carbocycles. The fourth-order valence-corrected chi connectivity index (χ4v) is 27.3. The van der Waals surface area contributed by atoms with Crippen molar-refractivity contribution >= 4 is 48.8 Å². The van der Waals surface area contributed by atoms with Crippen LogP contribution in [0.4, 0.5) is 0 Å². The number of fused-ring (bicyclic) bond motifs is 10. The summed E-state index contributed by atoms with van der Waals surface area (Å²) in [5, 5.41) is 0. The lowest BCUT2D eigenvalue weighted by molar-refractivity contribution is -0.145. The Morgan fingerprint density at radius 3 is 1.46 bits per heavy atom. The number of hydrogen-bond donors (Lipinski definition) is 0. The van der Waals surface area contributed by atoms with Gasteiger partial charge in [-0.3, -0.25) is 29.0 Å². The van der Waals surface area contributed by atoms with E-state index in [1.54, 1.807) is 9.80 Å². The molecule has 0 aromatic rings. The fraction of sp³-hybridized carbons (Fsp3) is 0.826. The molecule has 0 aromatic heterocycles. The molecule has 0 N–H and O–H groups in total. The minimum absolute atomic E-state index is 0.0591. The standard InChI is InChI=1S/C46H74N2O6Si3/c1-9-10-11-13-31-25-33-27-37(31)41-39(33)43(49)47(45(41)51)35-19-15-29(16-20-35)24-30-17-21-36(22-18-30)48-44(50)40-34-26-32(38(28-34)42(40)46(48)52)14-12-23-56(5,6)54-57(7,8)53-55(2,3)4/h25-26,29-30,33-42H,9-24,27-28H2,1-8H3. The number of amides is 4. The van der Waals surface area contributed by atoms with E-state index in [-0.39, 0.29) is 77.1 Å². The van der Waals surface area contributed by atoms with E-state index in [9.17, 15) is 19.2 Å². The predicted molar refractivity (Wildman–Crippen MR) is 232 cm³/mol. The van der Waals surface area contributed by atoms with Crippen LogP contribution in [0.1, 0.15) is 116 Å². The zero-order chi connectivity index (χ0) is 40.6. The average Bonchev–Trinajstić information content (AvgIpc) is 3.96. The summed E-state index contributed by atoms with van der Waals surface area (Å²) in [4.78, 5) is 59.1. The molecule has 2 aliphatic heterocycles. The van der Waals surface area contributed by atoms with Crippen molar-refractivity contribution in [3.05, 3.63) is 23.3 Å². The molecule has 316 valence electrons. The molecule has 0 spiro atoms. The summed E-state index contributed by atoms with van der Waals surface area (Å²) in [6, 6.07) is 1.23. The molecule has 8 atom stereocenters. The minimum atomic E-state index is -2.17. The summed E-state index contributed by atoms with van der Waals surface area (Å²) in [7, 11) is -5.72.